The van der Waals surface area contributed by atoms with Gasteiger partial charge < -0.3 is 14.8 Å². The minimum Gasteiger partial charge on any atom is -0.494 e. The van der Waals surface area contributed by atoms with Crippen molar-refractivity contribution in [3.63, 3.8) is 0 Å². The number of anilines is 1. The monoisotopic (exact) mass is 355 g/mol. The van der Waals surface area contributed by atoms with Crippen molar-refractivity contribution in [1.82, 2.24) is 9.97 Å². The van der Waals surface area contributed by atoms with Crippen LogP contribution in [0, 0.1) is 11.7 Å². The number of ether oxygens (including phenoxy) is 2. The zero-order valence-corrected chi connectivity index (χ0v) is 14.6. The molecule has 3 aromatic rings. The lowest BCUT2D eigenvalue weighted by molar-refractivity contribution is -0.118. The van der Waals surface area contributed by atoms with E-state index in [1.165, 1.54) is 25.6 Å². The first kappa shape index (κ1) is 17.6. The van der Waals surface area contributed by atoms with E-state index in [1.54, 1.807) is 24.3 Å². The number of hydrogen-bond acceptors (Lipinski definition) is 5. The van der Waals surface area contributed by atoms with E-state index >= 15 is 0 Å². The second-order valence-corrected chi connectivity index (χ2v) is 5.95. The quantitative estimate of drug-likeness (QED) is 0.744. The average Bonchev–Trinajstić information content (AvgIpc) is 2.63. The molecule has 0 saturated heterocycles. The van der Waals surface area contributed by atoms with Crippen LogP contribution in [0.3, 0.4) is 0 Å². The van der Waals surface area contributed by atoms with Gasteiger partial charge in [-0.05, 0) is 30.3 Å². The maximum atomic E-state index is 13.8. The van der Waals surface area contributed by atoms with E-state index in [1.807, 2.05) is 13.8 Å². The SMILES string of the molecule is COc1cc2c(Oc3ccc(NC(=O)C(C)C)cc3)ncnc2cc1F. The predicted octanol–water partition coefficient (Wildman–Crippen LogP) is 4.16. The number of nitrogens with one attached hydrogen (secondary N) is 1. The number of amides is 1. The van der Waals surface area contributed by atoms with Gasteiger partial charge in [-0.3, -0.25) is 4.79 Å². The molecule has 0 spiro atoms. The Bertz CT molecular complexity index is 943. The van der Waals surface area contributed by atoms with E-state index in [0.717, 1.165) is 0 Å². The molecule has 0 atom stereocenters. The maximum Gasteiger partial charge on any atom is 0.230 e. The Kier molecular flexibility index (Phi) is 4.97. The smallest absolute Gasteiger partial charge is 0.230 e. The van der Waals surface area contributed by atoms with E-state index in [0.29, 0.717) is 22.3 Å². The Balaban J connectivity index is 1.86. The summed E-state index contributed by atoms with van der Waals surface area (Å²) >= 11 is 0. The molecule has 0 fully saturated rings. The second kappa shape index (κ2) is 7.35. The molecule has 1 amide bonds. The summed E-state index contributed by atoms with van der Waals surface area (Å²) in [6.07, 6.45) is 1.31. The molecule has 7 heteroatoms. The third-order valence-corrected chi connectivity index (χ3v) is 3.73. The Morgan fingerprint density at radius 2 is 1.88 bits per heavy atom. The molecule has 3 rings (SSSR count). The molecule has 1 heterocycles. The second-order valence-electron chi connectivity index (χ2n) is 5.95. The Morgan fingerprint density at radius 3 is 2.54 bits per heavy atom. The van der Waals surface area contributed by atoms with Gasteiger partial charge in [-0.15, -0.1) is 0 Å². The zero-order chi connectivity index (χ0) is 18.7. The zero-order valence-electron chi connectivity index (χ0n) is 14.6. The molecule has 0 unspecified atom stereocenters. The highest BCUT2D eigenvalue weighted by atomic mass is 19.1. The van der Waals surface area contributed by atoms with Crippen LogP contribution in [-0.2, 0) is 4.79 Å². The van der Waals surface area contributed by atoms with Crippen molar-refractivity contribution in [3.05, 3.63) is 48.5 Å². The van der Waals surface area contributed by atoms with Crippen LogP contribution in [0.1, 0.15) is 13.8 Å². The molecule has 0 radical (unpaired) electrons. The number of aromatic nitrogens is 2. The summed E-state index contributed by atoms with van der Waals surface area (Å²) in [5, 5.41) is 3.34. The highest BCUT2D eigenvalue weighted by Gasteiger charge is 2.12. The standard InChI is InChI=1S/C19H18FN3O3/c1-11(2)18(24)23-12-4-6-13(7-5-12)26-19-14-8-17(25-3)15(20)9-16(14)21-10-22-19/h4-11H,1-3H3,(H,23,24). The summed E-state index contributed by atoms with van der Waals surface area (Å²) in [4.78, 5) is 19.9. The molecule has 2 aromatic carbocycles. The van der Waals surface area contributed by atoms with E-state index in [-0.39, 0.29) is 23.5 Å². The minimum absolute atomic E-state index is 0.0606. The fraction of sp³-hybridized carbons (Fsp3) is 0.211. The van der Waals surface area contributed by atoms with Crippen LogP contribution in [0.4, 0.5) is 10.1 Å². The fourth-order valence-electron chi connectivity index (χ4n) is 2.28. The third kappa shape index (κ3) is 3.72. The van der Waals surface area contributed by atoms with Gasteiger partial charge in [0.25, 0.3) is 0 Å². The number of benzene rings is 2. The maximum absolute atomic E-state index is 13.8. The van der Waals surface area contributed by atoms with Gasteiger partial charge in [-0.2, -0.15) is 0 Å². The number of carbonyl (C=O) groups is 1. The topological polar surface area (TPSA) is 73.3 Å². The number of nitrogens with zero attached hydrogens (tertiary/aromatic N) is 2. The normalized spacial score (nSPS) is 10.8. The molecular formula is C19H18FN3O3. The molecule has 0 saturated carbocycles. The molecule has 1 aromatic heterocycles. The third-order valence-electron chi connectivity index (χ3n) is 3.73. The highest BCUT2D eigenvalue weighted by molar-refractivity contribution is 5.92. The summed E-state index contributed by atoms with van der Waals surface area (Å²) in [6.45, 7) is 3.65. The molecule has 134 valence electrons. The molecule has 0 aliphatic rings. The number of fused-ring (bicyclic) bond motifs is 1. The van der Waals surface area contributed by atoms with Gasteiger partial charge in [-0.25, -0.2) is 14.4 Å². The van der Waals surface area contributed by atoms with Gasteiger partial charge in [0.05, 0.1) is 18.0 Å². The van der Waals surface area contributed by atoms with Crippen LogP contribution in [0.5, 0.6) is 17.4 Å². The highest BCUT2D eigenvalue weighted by Crippen LogP contribution is 2.31. The number of rotatable bonds is 5. The van der Waals surface area contributed by atoms with Gasteiger partial charge in [0, 0.05) is 17.7 Å². The van der Waals surface area contributed by atoms with E-state index in [2.05, 4.69) is 15.3 Å². The van der Waals surface area contributed by atoms with Crippen LogP contribution < -0.4 is 14.8 Å². The summed E-state index contributed by atoms with van der Waals surface area (Å²) in [6, 6.07) is 9.66. The number of halogens is 1. The summed E-state index contributed by atoms with van der Waals surface area (Å²) in [5.74, 6) is 0.227. The van der Waals surface area contributed by atoms with E-state index < -0.39 is 5.82 Å². The molecule has 6 nitrogen and oxygen atoms in total. The molecule has 1 N–H and O–H groups in total. The van der Waals surface area contributed by atoms with E-state index in [4.69, 9.17) is 9.47 Å². The Labute approximate surface area is 150 Å². The van der Waals surface area contributed by atoms with Crippen molar-refractivity contribution >= 4 is 22.5 Å². The van der Waals surface area contributed by atoms with Gasteiger partial charge in [0.1, 0.15) is 12.1 Å². The van der Waals surface area contributed by atoms with Crippen LogP contribution in [0.25, 0.3) is 10.9 Å². The van der Waals surface area contributed by atoms with Crippen molar-refractivity contribution in [2.45, 2.75) is 13.8 Å². The summed E-state index contributed by atoms with van der Waals surface area (Å²) in [5.41, 5.74) is 1.08. The van der Waals surface area contributed by atoms with Gasteiger partial charge in [-0.1, -0.05) is 13.8 Å². The molecule has 0 bridgehead atoms. The van der Waals surface area contributed by atoms with Crippen molar-refractivity contribution < 1.29 is 18.7 Å². The van der Waals surface area contributed by atoms with Gasteiger partial charge in [0.15, 0.2) is 11.6 Å². The summed E-state index contributed by atoms with van der Waals surface area (Å²) in [7, 11) is 1.39. The van der Waals surface area contributed by atoms with Crippen LogP contribution in [0.15, 0.2) is 42.7 Å². The fourth-order valence-corrected chi connectivity index (χ4v) is 2.28. The molecule has 0 aliphatic carbocycles. The van der Waals surface area contributed by atoms with Crippen LogP contribution in [0.2, 0.25) is 0 Å². The average molecular weight is 355 g/mol. The van der Waals surface area contributed by atoms with Crippen LogP contribution >= 0.6 is 0 Å². The Morgan fingerprint density at radius 1 is 1.15 bits per heavy atom. The number of methoxy groups -OCH3 is 1. The minimum atomic E-state index is -0.505. The first-order valence-electron chi connectivity index (χ1n) is 8.05. The van der Waals surface area contributed by atoms with Crippen molar-refractivity contribution in [2.24, 2.45) is 5.92 Å². The lowest BCUT2D eigenvalue weighted by Crippen LogP contribution is -2.17. The summed E-state index contributed by atoms with van der Waals surface area (Å²) < 4.78 is 24.6. The van der Waals surface area contributed by atoms with Crippen molar-refractivity contribution in [2.75, 3.05) is 12.4 Å². The van der Waals surface area contributed by atoms with Gasteiger partial charge >= 0.3 is 0 Å². The lowest BCUT2D eigenvalue weighted by atomic mass is 10.2. The predicted molar refractivity (Wildman–Crippen MR) is 96.0 cm³/mol. The van der Waals surface area contributed by atoms with Crippen LogP contribution in [-0.4, -0.2) is 23.0 Å². The number of carbonyl (C=O) groups excluding carboxylic acids is 1. The first-order valence-corrected chi connectivity index (χ1v) is 8.05. The lowest BCUT2D eigenvalue weighted by Gasteiger charge is -2.11. The Hall–Kier alpha value is -3.22. The molecule has 26 heavy (non-hydrogen) atoms. The van der Waals surface area contributed by atoms with Crippen molar-refractivity contribution in [3.8, 4) is 17.4 Å². The van der Waals surface area contributed by atoms with E-state index in [9.17, 15) is 9.18 Å². The van der Waals surface area contributed by atoms with Crippen molar-refractivity contribution in [1.29, 1.82) is 0 Å². The number of hydrogen-bond donors (Lipinski definition) is 1. The first-order chi connectivity index (χ1) is 12.5. The molecular weight excluding hydrogens is 337 g/mol. The largest absolute Gasteiger partial charge is 0.494 e. The molecule has 0 aliphatic heterocycles. The van der Waals surface area contributed by atoms with Gasteiger partial charge in [0.2, 0.25) is 11.8 Å².